The van der Waals surface area contributed by atoms with Gasteiger partial charge < -0.3 is 4.74 Å². The maximum atomic E-state index is 12.8. The molecule has 22 heavy (non-hydrogen) atoms. The van der Waals surface area contributed by atoms with Gasteiger partial charge in [0, 0.05) is 25.8 Å². The normalized spacial score (nSPS) is 15.2. The number of hydrogen-bond donors (Lipinski definition) is 0. The minimum Gasteiger partial charge on any atom is -0.497 e. The van der Waals surface area contributed by atoms with Gasteiger partial charge >= 0.3 is 0 Å². The fraction of sp³-hybridized carbons (Fsp3) is 0.400. The first-order valence-electron chi connectivity index (χ1n) is 7.14. The number of benzene rings is 1. The van der Waals surface area contributed by atoms with Gasteiger partial charge in [-0.2, -0.15) is 9.40 Å². The Morgan fingerprint density at radius 2 is 2.00 bits per heavy atom. The van der Waals surface area contributed by atoms with Gasteiger partial charge in [0.1, 0.15) is 10.6 Å². The number of methoxy groups -OCH3 is 1. The van der Waals surface area contributed by atoms with Crippen LogP contribution in [-0.2, 0) is 23.6 Å². The van der Waals surface area contributed by atoms with Crippen LogP contribution in [0.3, 0.4) is 0 Å². The van der Waals surface area contributed by atoms with E-state index in [0.29, 0.717) is 6.54 Å². The Morgan fingerprint density at radius 1 is 1.32 bits per heavy atom. The molecule has 0 amide bonds. The van der Waals surface area contributed by atoms with Crippen molar-refractivity contribution in [3.8, 4) is 5.75 Å². The van der Waals surface area contributed by atoms with E-state index in [1.165, 1.54) is 10.9 Å². The van der Waals surface area contributed by atoms with E-state index in [4.69, 9.17) is 4.74 Å². The van der Waals surface area contributed by atoms with Crippen LogP contribution in [0.15, 0.2) is 41.6 Å². The molecule has 0 atom stereocenters. The molecule has 0 bridgehead atoms. The summed E-state index contributed by atoms with van der Waals surface area (Å²) in [4.78, 5) is 0.246. The highest BCUT2D eigenvalue weighted by Gasteiger charge is 2.38. The molecule has 118 valence electrons. The van der Waals surface area contributed by atoms with Crippen LogP contribution in [0.5, 0.6) is 5.75 Å². The van der Waals surface area contributed by atoms with Crippen molar-refractivity contribution in [2.24, 2.45) is 7.05 Å². The Labute approximate surface area is 130 Å². The van der Waals surface area contributed by atoms with Gasteiger partial charge in [0.2, 0.25) is 10.0 Å². The Hall–Kier alpha value is -1.86. The number of nitrogens with zero attached hydrogens (tertiary/aromatic N) is 3. The van der Waals surface area contributed by atoms with Crippen molar-refractivity contribution in [2.75, 3.05) is 7.11 Å². The van der Waals surface area contributed by atoms with Crippen molar-refractivity contribution in [3.05, 3.63) is 42.2 Å². The Morgan fingerprint density at radius 3 is 2.50 bits per heavy atom. The number of aryl methyl sites for hydroxylation is 1. The molecule has 1 aromatic heterocycles. The highest BCUT2D eigenvalue weighted by atomic mass is 32.2. The van der Waals surface area contributed by atoms with Gasteiger partial charge in [-0.25, -0.2) is 8.42 Å². The smallest absolute Gasteiger partial charge is 0.246 e. The lowest BCUT2D eigenvalue weighted by atomic mass is 10.2. The molecule has 3 rings (SSSR count). The number of aromatic nitrogens is 2. The summed E-state index contributed by atoms with van der Waals surface area (Å²) in [6.45, 7) is 0.367. The third kappa shape index (κ3) is 3.00. The van der Waals surface area contributed by atoms with Gasteiger partial charge in [0.25, 0.3) is 0 Å². The van der Waals surface area contributed by atoms with Gasteiger partial charge in [0.05, 0.1) is 13.3 Å². The molecule has 0 N–H and O–H groups in total. The van der Waals surface area contributed by atoms with E-state index in [2.05, 4.69) is 5.10 Å². The summed E-state index contributed by atoms with van der Waals surface area (Å²) in [7, 11) is -0.190. The molecule has 1 saturated carbocycles. The molecule has 1 aliphatic carbocycles. The van der Waals surface area contributed by atoms with Crippen LogP contribution >= 0.6 is 0 Å². The number of hydrogen-bond acceptors (Lipinski definition) is 4. The molecule has 0 unspecified atom stereocenters. The van der Waals surface area contributed by atoms with Crippen molar-refractivity contribution in [2.45, 2.75) is 30.3 Å². The van der Waals surface area contributed by atoms with Crippen LogP contribution < -0.4 is 4.74 Å². The van der Waals surface area contributed by atoms with Crippen LogP contribution in [0, 0.1) is 0 Å². The maximum absolute atomic E-state index is 12.8. The molecule has 7 heteroatoms. The first kappa shape index (κ1) is 15.1. The van der Waals surface area contributed by atoms with Crippen LogP contribution in [-0.4, -0.2) is 35.7 Å². The maximum Gasteiger partial charge on any atom is 0.246 e. The highest BCUT2D eigenvalue weighted by molar-refractivity contribution is 7.89. The van der Waals surface area contributed by atoms with E-state index in [1.54, 1.807) is 24.7 Å². The Kier molecular flexibility index (Phi) is 3.92. The largest absolute Gasteiger partial charge is 0.497 e. The van der Waals surface area contributed by atoms with Gasteiger partial charge in [-0.15, -0.1) is 0 Å². The molecule has 6 nitrogen and oxygen atoms in total. The molecule has 2 aromatic rings. The van der Waals surface area contributed by atoms with Crippen molar-refractivity contribution in [3.63, 3.8) is 0 Å². The Bertz CT molecular complexity index is 749. The monoisotopic (exact) mass is 321 g/mol. The van der Waals surface area contributed by atoms with Crippen molar-refractivity contribution >= 4 is 10.0 Å². The Balaban J connectivity index is 1.86. The van der Waals surface area contributed by atoms with Crippen LogP contribution in [0.4, 0.5) is 0 Å². The van der Waals surface area contributed by atoms with E-state index in [0.717, 1.165) is 24.2 Å². The summed E-state index contributed by atoms with van der Waals surface area (Å²) in [5, 5.41) is 3.97. The van der Waals surface area contributed by atoms with E-state index in [9.17, 15) is 8.42 Å². The second-order valence-corrected chi connectivity index (χ2v) is 7.37. The van der Waals surface area contributed by atoms with Gasteiger partial charge in [-0.05, 0) is 30.5 Å². The lowest BCUT2D eigenvalue weighted by Crippen LogP contribution is -2.32. The summed E-state index contributed by atoms with van der Waals surface area (Å²) >= 11 is 0. The van der Waals surface area contributed by atoms with Gasteiger partial charge in [-0.1, -0.05) is 12.1 Å². The average Bonchev–Trinajstić information content (AvgIpc) is 3.25. The zero-order chi connectivity index (χ0) is 15.7. The molecule has 0 aliphatic heterocycles. The quantitative estimate of drug-likeness (QED) is 0.813. The zero-order valence-corrected chi connectivity index (χ0v) is 13.5. The summed E-state index contributed by atoms with van der Waals surface area (Å²) in [6, 6.07) is 7.57. The predicted octanol–water partition coefficient (Wildman–Crippen LogP) is 1.78. The number of sulfonamides is 1. The lowest BCUT2D eigenvalue weighted by molar-refractivity contribution is 0.397. The summed E-state index contributed by atoms with van der Waals surface area (Å²) < 4.78 is 33.8. The van der Waals surface area contributed by atoms with Gasteiger partial charge in [-0.3, -0.25) is 4.68 Å². The second kappa shape index (κ2) is 5.73. The average molecular weight is 321 g/mol. The molecule has 1 aliphatic rings. The lowest BCUT2D eigenvalue weighted by Gasteiger charge is -2.21. The molecule has 0 spiro atoms. The molecule has 0 radical (unpaired) electrons. The molecule has 0 saturated heterocycles. The summed E-state index contributed by atoms with van der Waals surface area (Å²) in [6.07, 6.45) is 4.77. The molecule has 1 fully saturated rings. The zero-order valence-electron chi connectivity index (χ0n) is 12.6. The van der Waals surface area contributed by atoms with Gasteiger partial charge in [0.15, 0.2) is 0 Å². The fourth-order valence-electron chi connectivity index (χ4n) is 2.35. The molecule has 1 heterocycles. The third-order valence-electron chi connectivity index (χ3n) is 3.74. The molecular weight excluding hydrogens is 302 g/mol. The third-order valence-corrected chi connectivity index (χ3v) is 5.59. The first-order chi connectivity index (χ1) is 10.5. The van der Waals surface area contributed by atoms with Crippen LogP contribution in [0.2, 0.25) is 0 Å². The van der Waals surface area contributed by atoms with E-state index in [-0.39, 0.29) is 10.9 Å². The minimum atomic E-state index is -3.51. The van der Waals surface area contributed by atoms with Crippen molar-refractivity contribution in [1.82, 2.24) is 14.1 Å². The SMILES string of the molecule is COc1ccc(CN(C2CC2)S(=O)(=O)c2cnn(C)c2)cc1. The van der Waals surface area contributed by atoms with E-state index < -0.39 is 10.0 Å². The summed E-state index contributed by atoms with van der Waals surface area (Å²) in [5.74, 6) is 0.761. The molecule has 1 aromatic carbocycles. The minimum absolute atomic E-state index is 0.0901. The highest BCUT2D eigenvalue weighted by Crippen LogP contribution is 2.33. The second-order valence-electron chi connectivity index (χ2n) is 5.48. The number of ether oxygens (including phenoxy) is 1. The van der Waals surface area contributed by atoms with Crippen molar-refractivity contribution in [1.29, 1.82) is 0 Å². The fourth-order valence-corrected chi connectivity index (χ4v) is 4.01. The topological polar surface area (TPSA) is 64.4 Å². The standard InChI is InChI=1S/C15H19N3O3S/c1-17-11-15(9-16-17)22(19,20)18(13-5-6-13)10-12-3-7-14(21-2)8-4-12/h3-4,7-9,11,13H,5-6,10H2,1-2H3. The van der Waals surface area contributed by atoms with Crippen LogP contribution in [0.1, 0.15) is 18.4 Å². The predicted molar refractivity (Wildman–Crippen MR) is 82.0 cm³/mol. The number of rotatable bonds is 6. The molecular formula is C15H19N3O3S. The van der Waals surface area contributed by atoms with E-state index in [1.807, 2.05) is 24.3 Å². The van der Waals surface area contributed by atoms with Crippen molar-refractivity contribution < 1.29 is 13.2 Å². The van der Waals surface area contributed by atoms with E-state index >= 15 is 0 Å². The summed E-state index contributed by atoms with van der Waals surface area (Å²) in [5.41, 5.74) is 0.945. The van der Waals surface area contributed by atoms with Crippen LogP contribution in [0.25, 0.3) is 0 Å². The first-order valence-corrected chi connectivity index (χ1v) is 8.58.